The van der Waals surface area contributed by atoms with Crippen molar-refractivity contribution < 1.29 is 17.5 Å². The molecule has 21 heavy (non-hydrogen) atoms. The van der Waals surface area contributed by atoms with Crippen molar-refractivity contribution in [3.05, 3.63) is 28.5 Å². The molecular weight excluding hydrogens is 319 g/mol. The molecule has 0 aliphatic heterocycles. The van der Waals surface area contributed by atoms with Crippen molar-refractivity contribution in [1.82, 2.24) is 4.72 Å². The lowest BCUT2D eigenvalue weighted by Crippen LogP contribution is -2.38. The number of benzene rings is 1. The minimum Gasteiger partial charge on any atom is -0.383 e. The molecule has 120 valence electrons. The lowest BCUT2D eigenvalue weighted by molar-refractivity contribution is 0.171. The monoisotopic (exact) mass is 338 g/mol. The SMILES string of the molecule is CCCC(COC)NS(=O)(=O)c1cc(Cl)cc(CN)c1F. The van der Waals surface area contributed by atoms with Gasteiger partial charge >= 0.3 is 0 Å². The summed E-state index contributed by atoms with van der Waals surface area (Å²) < 4.78 is 46.2. The molecule has 0 fully saturated rings. The molecule has 1 atom stereocenters. The van der Waals surface area contributed by atoms with Gasteiger partial charge in [0.2, 0.25) is 10.0 Å². The van der Waals surface area contributed by atoms with Crippen molar-refractivity contribution in [2.24, 2.45) is 5.73 Å². The van der Waals surface area contributed by atoms with Gasteiger partial charge in [0.25, 0.3) is 0 Å². The number of sulfonamides is 1. The number of halogens is 2. The van der Waals surface area contributed by atoms with Gasteiger partial charge in [-0.05, 0) is 18.6 Å². The van der Waals surface area contributed by atoms with Gasteiger partial charge in [0, 0.05) is 30.3 Å². The fourth-order valence-electron chi connectivity index (χ4n) is 1.97. The van der Waals surface area contributed by atoms with E-state index in [-0.39, 0.29) is 23.7 Å². The smallest absolute Gasteiger partial charge is 0.243 e. The van der Waals surface area contributed by atoms with Crippen LogP contribution in [0.4, 0.5) is 4.39 Å². The van der Waals surface area contributed by atoms with E-state index >= 15 is 0 Å². The number of hydrogen-bond acceptors (Lipinski definition) is 4. The van der Waals surface area contributed by atoms with Crippen molar-refractivity contribution in [2.75, 3.05) is 13.7 Å². The molecule has 0 heterocycles. The minimum atomic E-state index is -4.03. The second-order valence-electron chi connectivity index (χ2n) is 4.64. The number of hydrogen-bond donors (Lipinski definition) is 2. The van der Waals surface area contributed by atoms with Crippen LogP contribution in [-0.2, 0) is 21.3 Å². The molecular formula is C13H20ClFN2O3S. The lowest BCUT2D eigenvalue weighted by atomic mass is 10.2. The summed E-state index contributed by atoms with van der Waals surface area (Å²) in [5, 5.41) is 0.121. The third kappa shape index (κ3) is 4.89. The molecule has 0 saturated heterocycles. The average Bonchev–Trinajstić information content (AvgIpc) is 2.41. The standard InChI is InChI=1S/C13H20ClFN2O3S/c1-3-4-11(8-20-2)17-21(18,19)12-6-10(14)5-9(7-16)13(12)15/h5-6,11,17H,3-4,7-8,16H2,1-2H3. The zero-order valence-electron chi connectivity index (χ0n) is 12.0. The van der Waals surface area contributed by atoms with E-state index in [1.54, 1.807) is 0 Å². The number of nitrogens with one attached hydrogen (secondary N) is 1. The molecule has 0 aliphatic rings. The third-order valence-corrected chi connectivity index (χ3v) is 4.65. The fourth-order valence-corrected chi connectivity index (χ4v) is 3.68. The fraction of sp³-hybridized carbons (Fsp3) is 0.538. The van der Waals surface area contributed by atoms with Crippen molar-refractivity contribution >= 4 is 21.6 Å². The van der Waals surface area contributed by atoms with Gasteiger partial charge in [0.1, 0.15) is 10.7 Å². The van der Waals surface area contributed by atoms with Crippen molar-refractivity contribution in [3.8, 4) is 0 Å². The van der Waals surface area contributed by atoms with Gasteiger partial charge in [-0.25, -0.2) is 17.5 Å². The molecule has 0 radical (unpaired) electrons. The minimum absolute atomic E-state index is 0.0571. The van der Waals surface area contributed by atoms with Crippen LogP contribution < -0.4 is 10.5 Å². The highest BCUT2D eigenvalue weighted by atomic mass is 35.5. The Bertz CT molecular complexity index is 575. The molecule has 0 amide bonds. The predicted octanol–water partition coefficient (Wildman–Crippen LogP) is 2.03. The maximum Gasteiger partial charge on any atom is 0.243 e. The van der Waals surface area contributed by atoms with E-state index < -0.39 is 26.8 Å². The molecule has 0 saturated carbocycles. The molecule has 0 aromatic heterocycles. The van der Waals surface area contributed by atoms with Gasteiger partial charge in [-0.15, -0.1) is 0 Å². The highest BCUT2D eigenvalue weighted by molar-refractivity contribution is 7.89. The van der Waals surface area contributed by atoms with E-state index in [1.165, 1.54) is 13.2 Å². The predicted molar refractivity (Wildman–Crippen MR) is 80.2 cm³/mol. The molecule has 0 bridgehead atoms. The first-order chi connectivity index (χ1) is 9.85. The molecule has 0 aliphatic carbocycles. The molecule has 3 N–H and O–H groups in total. The summed E-state index contributed by atoms with van der Waals surface area (Å²) in [4.78, 5) is -0.493. The van der Waals surface area contributed by atoms with Crippen molar-refractivity contribution in [3.63, 3.8) is 0 Å². The summed E-state index contributed by atoms with van der Waals surface area (Å²) in [6, 6.07) is 1.97. The van der Waals surface area contributed by atoms with E-state index in [9.17, 15) is 12.8 Å². The van der Waals surface area contributed by atoms with Crippen LogP contribution in [0.25, 0.3) is 0 Å². The van der Waals surface area contributed by atoms with Crippen LogP contribution in [0.15, 0.2) is 17.0 Å². The average molecular weight is 339 g/mol. The number of nitrogens with two attached hydrogens (primary N) is 1. The van der Waals surface area contributed by atoms with E-state index in [4.69, 9.17) is 22.1 Å². The summed E-state index contributed by atoms with van der Waals surface area (Å²) in [6.07, 6.45) is 1.35. The molecule has 1 rings (SSSR count). The summed E-state index contributed by atoms with van der Waals surface area (Å²) >= 11 is 5.83. The van der Waals surface area contributed by atoms with Crippen LogP contribution >= 0.6 is 11.6 Å². The number of rotatable bonds is 8. The highest BCUT2D eigenvalue weighted by Crippen LogP contribution is 2.24. The van der Waals surface area contributed by atoms with Gasteiger partial charge < -0.3 is 10.5 Å². The van der Waals surface area contributed by atoms with Crippen LogP contribution in [0.2, 0.25) is 5.02 Å². The second kappa shape index (κ2) is 8.05. The van der Waals surface area contributed by atoms with Crippen molar-refractivity contribution in [1.29, 1.82) is 0 Å². The maximum absolute atomic E-state index is 14.2. The van der Waals surface area contributed by atoms with Gasteiger partial charge in [0.05, 0.1) is 6.61 Å². The third-order valence-electron chi connectivity index (χ3n) is 2.92. The molecule has 1 aromatic carbocycles. The van der Waals surface area contributed by atoms with Crippen LogP contribution in [-0.4, -0.2) is 28.2 Å². The number of methoxy groups -OCH3 is 1. The van der Waals surface area contributed by atoms with Gasteiger partial charge in [-0.3, -0.25) is 0 Å². The van der Waals surface area contributed by atoms with E-state index in [1.807, 2.05) is 6.92 Å². The molecule has 5 nitrogen and oxygen atoms in total. The largest absolute Gasteiger partial charge is 0.383 e. The first-order valence-corrected chi connectivity index (χ1v) is 8.41. The summed E-state index contributed by atoms with van der Waals surface area (Å²) in [7, 11) is -2.56. The first kappa shape index (κ1) is 18.3. The molecule has 8 heteroatoms. The Labute approximate surface area is 129 Å². The number of ether oxygens (including phenoxy) is 1. The normalized spacial score (nSPS) is 13.4. The van der Waals surface area contributed by atoms with E-state index in [0.717, 1.165) is 12.5 Å². The van der Waals surface area contributed by atoms with Crippen molar-refractivity contribution in [2.45, 2.75) is 37.2 Å². The van der Waals surface area contributed by atoms with Crippen LogP contribution in [0.3, 0.4) is 0 Å². The summed E-state index contributed by atoms with van der Waals surface area (Å²) in [5.41, 5.74) is 5.45. The maximum atomic E-state index is 14.2. The topological polar surface area (TPSA) is 81.4 Å². The Kier molecular flexibility index (Phi) is 7.02. The van der Waals surface area contributed by atoms with Gasteiger partial charge in [0.15, 0.2) is 0 Å². The summed E-state index contributed by atoms with van der Waals surface area (Å²) in [5.74, 6) is -0.873. The zero-order chi connectivity index (χ0) is 16.0. The zero-order valence-corrected chi connectivity index (χ0v) is 13.6. The molecule has 1 unspecified atom stereocenters. The van der Waals surface area contributed by atoms with Crippen LogP contribution in [0.1, 0.15) is 25.3 Å². The van der Waals surface area contributed by atoms with Gasteiger partial charge in [-0.2, -0.15) is 0 Å². The van der Waals surface area contributed by atoms with E-state index in [0.29, 0.717) is 6.42 Å². The Morgan fingerprint density at radius 1 is 1.48 bits per heavy atom. The molecule has 0 spiro atoms. The lowest BCUT2D eigenvalue weighted by Gasteiger charge is -2.18. The van der Waals surface area contributed by atoms with E-state index in [2.05, 4.69) is 4.72 Å². The van der Waals surface area contributed by atoms with Gasteiger partial charge in [-0.1, -0.05) is 24.9 Å². The second-order valence-corrected chi connectivity index (χ2v) is 6.76. The highest BCUT2D eigenvalue weighted by Gasteiger charge is 2.25. The Morgan fingerprint density at radius 2 is 2.14 bits per heavy atom. The Hall–Kier alpha value is -0.730. The van der Waals surface area contributed by atoms with Crippen LogP contribution in [0.5, 0.6) is 0 Å². The Balaban J connectivity index is 3.15. The summed E-state index contributed by atoms with van der Waals surface area (Å²) in [6.45, 7) is 1.99. The first-order valence-electron chi connectivity index (χ1n) is 6.55. The van der Waals surface area contributed by atoms with Crippen LogP contribution in [0, 0.1) is 5.82 Å². The quantitative estimate of drug-likeness (QED) is 0.760. The molecule has 1 aromatic rings. The Morgan fingerprint density at radius 3 is 2.67 bits per heavy atom.